The fourth-order valence-corrected chi connectivity index (χ4v) is 2.12. The third-order valence-electron chi connectivity index (χ3n) is 1.72. The van der Waals surface area contributed by atoms with Gasteiger partial charge in [-0.25, -0.2) is 0 Å². The fraction of sp³-hybridized carbons (Fsp3) is 0.250. The third kappa shape index (κ3) is 2.06. The van der Waals surface area contributed by atoms with Crippen molar-refractivity contribution in [1.82, 2.24) is 0 Å². The summed E-state index contributed by atoms with van der Waals surface area (Å²) in [6.07, 6.45) is -4.39. The van der Waals surface area contributed by atoms with Gasteiger partial charge in [-0.2, -0.15) is 13.2 Å². The third-order valence-corrected chi connectivity index (χ3v) is 3.63. The topological polar surface area (TPSA) is 26.0 Å². The molecule has 0 spiro atoms. The van der Waals surface area contributed by atoms with Gasteiger partial charge in [0.05, 0.1) is 15.7 Å². The van der Waals surface area contributed by atoms with Crippen molar-refractivity contribution in [3.05, 3.63) is 26.1 Å². The molecule has 78 valence electrons. The van der Waals surface area contributed by atoms with Crippen LogP contribution >= 0.6 is 31.9 Å². The molecule has 1 rings (SSSR count). The van der Waals surface area contributed by atoms with Crippen LogP contribution in [0.4, 0.5) is 18.9 Å². The van der Waals surface area contributed by atoms with Gasteiger partial charge in [-0.3, -0.25) is 0 Å². The van der Waals surface area contributed by atoms with E-state index in [4.69, 9.17) is 5.73 Å². The van der Waals surface area contributed by atoms with Crippen LogP contribution in [-0.4, -0.2) is 0 Å². The zero-order valence-electron chi connectivity index (χ0n) is 7.04. The fourth-order valence-electron chi connectivity index (χ4n) is 1.00. The molecule has 1 aromatic rings. The van der Waals surface area contributed by atoms with Crippen LogP contribution in [0.15, 0.2) is 15.0 Å². The van der Waals surface area contributed by atoms with Gasteiger partial charge < -0.3 is 5.73 Å². The number of rotatable bonds is 0. The normalized spacial score (nSPS) is 11.9. The summed E-state index contributed by atoms with van der Waals surface area (Å²) in [5, 5.41) is 0. The zero-order valence-corrected chi connectivity index (χ0v) is 10.2. The predicted octanol–water partition coefficient (Wildman–Crippen LogP) is 4.12. The Morgan fingerprint density at radius 1 is 1.21 bits per heavy atom. The van der Waals surface area contributed by atoms with Crippen molar-refractivity contribution < 1.29 is 13.2 Å². The number of hydrogen-bond donors (Lipinski definition) is 1. The molecule has 0 radical (unpaired) electrons. The number of anilines is 1. The average Bonchev–Trinajstić information content (AvgIpc) is 2.06. The Morgan fingerprint density at radius 2 is 1.71 bits per heavy atom. The van der Waals surface area contributed by atoms with Crippen molar-refractivity contribution in [3.63, 3.8) is 0 Å². The van der Waals surface area contributed by atoms with E-state index in [2.05, 4.69) is 31.9 Å². The summed E-state index contributed by atoms with van der Waals surface area (Å²) in [7, 11) is 0. The van der Waals surface area contributed by atoms with Crippen LogP contribution < -0.4 is 5.73 Å². The molecule has 0 unspecified atom stereocenters. The van der Waals surface area contributed by atoms with Gasteiger partial charge in [-0.05, 0) is 50.4 Å². The van der Waals surface area contributed by atoms with E-state index in [9.17, 15) is 13.2 Å². The Morgan fingerprint density at radius 3 is 2.14 bits per heavy atom. The monoisotopic (exact) mass is 331 g/mol. The van der Waals surface area contributed by atoms with E-state index in [1.54, 1.807) is 6.92 Å². The van der Waals surface area contributed by atoms with Gasteiger partial charge in [0.25, 0.3) is 0 Å². The standard InChI is InChI=1S/C8H6Br2F3N/c1-3-2-4(8(11,12)13)6(10)7(14)5(3)9/h2H,14H2,1H3. The van der Waals surface area contributed by atoms with Crippen molar-refractivity contribution >= 4 is 37.5 Å². The van der Waals surface area contributed by atoms with Crippen molar-refractivity contribution in [2.24, 2.45) is 0 Å². The predicted molar refractivity (Wildman–Crippen MR) is 56.0 cm³/mol. The molecule has 6 heteroatoms. The van der Waals surface area contributed by atoms with Gasteiger partial charge in [-0.15, -0.1) is 0 Å². The summed E-state index contributed by atoms with van der Waals surface area (Å²) < 4.78 is 37.7. The van der Waals surface area contributed by atoms with Gasteiger partial charge in [0.15, 0.2) is 0 Å². The minimum Gasteiger partial charge on any atom is -0.397 e. The zero-order chi connectivity index (χ0) is 11.1. The molecule has 0 aliphatic carbocycles. The quantitative estimate of drug-likeness (QED) is 0.710. The number of nitrogen functional groups attached to an aromatic ring is 1. The molecule has 0 aromatic heterocycles. The molecule has 0 amide bonds. The first-order valence-electron chi connectivity index (χ1n) is 3.56. The summed E-state index contributed by atoms with van der Waals surface area (Å²) in [5.41, 5.74) is 5.26. The minimum atomic E-state index is -4.39. The lowest BCUT2D eigenvalue weighted by molar-refractivity contribution is -0.138. The summed E-state index contributed by atoms with van der Waals surface area (Å²) in [6, 6.07) is 1.05. The first-order chi connectivity index (χ1) is 6.25. The molecule has 0 atom stereocenters. The number of hydrogen-bond acceptors (Lipinski definition) is 1. The summed E-state index contributed by atoms with van der Waals surface area (Å²) in [4.78, 5) is 0. The first-order valence-corrected chi connectivity index (χ1v) is 5.15. The summed E-state index contributed by atoms with van der Waals surface area (Å²) >= 11 is 5.93. The van der Waals surface area contributed by atoms with E-state index >= 15 is 0 Å². The highest BCUT2D eigenvalue weighted by Gasteiger charge is 2.34. The Labute approximate surface area is 95.7 Å². The largest absolute Gasteiger partial charge is 0.417 e. The second-order valence-corrected chi connectivity index (χ2v) is 4.37. The Kier molecular flexibility index (Phi) is 3.16. The smallest absolute Gasteiger partial charge is 0.397 e. The maximum absolute atomic E-state index is 12.4. The highest BCUT2D eigenvalue weighted by Crippen LogP contribution is 2.41. The molecule has 0 heterocycles. The molecule has 14 heavy (non-hydrogen) atoms. The molecular formula is C8H6Br2F3N. The molecule has 0 aliphatic rings. The molecule has 0 aliphatic heterocycles. The summed E-state index contributed by atoms with van der Waals surface area (Å²) in [5.74, 6) is 0. The van der Waals surface area contributed by atoms with Gasteiger partial charge >= 0.3 is 6.18 Å². The van der Waals surface area contributed by atoms with Crippen LogP contribution in [0, 0.1) is 6.92 Å². The van der Waals surface area contributed by atoms with E-state index in [0.29, 0.717) is 10.0 Å². The van der Waals surface area contributed by atoms with Crippen molar-refractivity contribution in [3.8, 4) is 0 Å². The number of halogens is 5. The molecule has 0 fully saturated rings. The van der Waals surface area contributed by atoms with Gasteiger partial charge in [0.1, 0.15) is 0 Å². The molecule has 0 saturated heterocycles. The number of aryl methyl sites for hydroxylation is 1. The van der Waals surface area contributed by atoms with Crippen LogP contribution in [0.3, 0.4) is 0 Å². The van der Waals surface area contributed by atoms with E-state index in [0.717, 1.165) is 6.07 Å². The molecule has 2 N–H and O–H groups in total. The highest BCUT2D eigenvalue weighted by molar-refractivity contribution is 9.11. The highest BCUT2D eigenvalue weighted by atomic mass is 79.9. The number of benzene rings is 1. The number of alkyl halides is 3. The van der Waals surface area contributed by atoms with Crippen LogP contribution in [0.2, 0.25) is 0 Å². The Bertz CT molecular complexity index is 374. The SMILES string of the molecule is Cc1cc(C(F)(F)F)c(Br)c(N)c1Br. The van der Waals surface area contributed by atoms with E-state index in [1.807, 2.05) is 0 Å². The minimum absolute atomic E-state index is 0.0670. The maximum Gasteiger partial charge on any atom is 0.417 e. The lowest BCUT2D eigenvalue weighted by Gasteiger charge is -2.13. The van der Waals surface area contributed by atoms with Crippen LogP contribution in [-0.2, 0) is 6.18 Å². The second kappa shape index (κ2) is 3.73. The molecule has 0 saturated carbocycles. The lowest BCUT2D eigenvalue weighted by Crippen LogP contribution is -2.08. The Hall–Kier alpha value is -0.230. The molecule has 1 aromatic carbocycles. The van der Waals surface area contributed by atoms with Crippen molar-refractivity contribution in [1.29, 1.82) is 0 Å². The maximum atomic E-state index is 12.4. The van der Waals surface area contributed by atoms with Crippen LogP contribution in [0.25, 0.3) is 0 Å². The summed E-state index contributed by atoms with van der Waals surface area (Å²) in [6.45, 7) is 1.56. The van der Waals surface area contributed by atoms with Crippen molar-refractivity contribution in [2.45, 2.75) is 13.1 Å². The van der Waals surface area contributed by atoms with E-state index in [1.165, 1.54) is 0 Å². The van der Waals surface area contributed by atoms with Crippen molar-refractivity contribution in [2.75, 3.05) is 5.73 Å². The number of nitrogens with two attached hydrogens (primary N) is 1. The van der Waals surface area contributed by atoms with E-state index in [-0.39, 0.29) is 10.2 Å². The van der Waals surface area contributed by atoms with Crippen LogP contribution in [0.1, 0.15) is 11.1 Å². The molecular weight excluding hydrogens is 327 g/mol. The average molecular weight is 333 g/mol. The van der Waals surface area contributed by atoms with E-state index < -0.39 is 11.7 Å². The van der Waals surface area contributed by atoms with Gasteiger partial charge in [0, 0.05) is 4.47 Å². The van der Waals surface area contributed by atoms with Crippen LogP contribution in [0.5, 0.6) is 0 Å². The van der Waals surface area contributed by atoms with Gasteiger partial charge in [-0.1, -0.05) is 0 Å². The Balaban J connectivity index is 3.49. The molecule has 0 bridgehead atoms. The first kappa shape index (κ1) is 11.8. The lowest BCUT2D eigenvalue weighted by atomic mass is 10.1. The molecule has 1 nitrogen and oxygen atoms in total. The van der Waals surface area contributed by atoms with Gasteiger partial charge in [0.2, 0.25) is 0 Å². The second-order valence-electron chi connectivity index (χ2n) is 2.78.